The number of hydrogen-bond acceptors (Lipinski definition) is 5. The van der Waals surface area contributed by atoms with E-state index in [1.54, 1.807) is 0 Å². The van der Waals surface area contributed by atoms with Crippen molar-refractivity contribution in [1.29, 1.82) is 0 Å². The molecule has 0 saturated heterocycles. The Morgan fingerprint density at radius 3 is 2.33 bits per heavy atom. The second-order valence-electron chi connectivity index (χ2n) is 7.41. The Morgan fingerprint density at radius 1 is 1.03 bits per heavy atom. The molecule has 30 heavy (non-hydrogen) atoms. The highest BCUT2D eigenvalue weighted by atomic mass is 32.2. The summed E-state index contributed by atoms with van der Waals surface area (Å²) in [5, 5.41) is 11.0. The lowest BCUT2D eigenvalue weighted by Crippen LogP contribution is -2.42. The molecule has 3 N–H and O–H groups in total. The Hall–Kier alpha value is -3.13. The van der Waals surface area contributed by atoms with Crippen molar-refractivity contribution in [1.82, 2.24) is 20.1 Å². The molecular formula is C22H25N5O2S. The number of carbonyl (C=O) groups is 2. The van der Waals surface area contributed by atoms with E-state index in [1.807, 2.05) is 60.9 Å². The van der Waals surface area contributed by atoms with Gasteiger partial charge in [0.25, 0.3) is 0 Å². The number of amides is 3. The van der Waals surface area contributed by atoms with Crippen LogP contribution in [-0.4, -0.2) is 32.0 Å². The molecule has 1 atom stereocenters. The number of primary amides is 1. The summed E-state index contributed by atoms with van der Waals surface area (Å²) in [4.78, 5) is 23.7. The molecule has 2 aromatic carbocycles. The molecule has 0 aliphatic carbocycles. The van der Waals surface area contributed by atoms with Gasteiger partial charge >= 0.3 is 6.03 Å². The second-order valence-corrected chi connectivity index (χ2v) is 8.52. The highest BCUT2D eigenvalue weighted by molar-refractivity contribution is 8.00. The van der Waals surface area contributed by atoms with Crippen molar-refractivity contribution in [2.45, 2.75) is 38.1 Å². The Morgan fingerprint density at radius 2 is 1.73 bits per heavy atom. The summed E-state index contributed by atoms with van der Waals surface area (Å²) in [6.07, 6.45) is 0. The monoisotopic (exact) mass is 423 g/mol. The number of imide groups is 1. The van der Waals surface area contributed by atoms with Crippen LogP contribution in [0.15, 0.2) is 53.7 Å². The first-order valence-electron chi connectivity index (χ1n) is 9.63. The zero-order valence-electron chi connectivity index (χ0n) is 17.4. The Bertz CT molecular complexity index is 1060. The summed E-state index contributed by atoms with van der Waals surface area (Å²) < 4.78 is 1.94. The molecule has 1 aromatic heterocycles. The Labute approximate surface area is 180 Å². The van der Waals surface area contributed by atoms with E-state index in [2.05, 4.69) is 35.4 Å². The fraction of sp³-hybridized carbons (Fsp3) is 0.273. The quantitative estimate of drug-likeness (QED) is 0.586. The summed E-state index contributed by atoms with van der Waals surface area (Å²) >= 11 is 1.26. The molecule has 0 bridgehead atoms. The molecule has 0 aliphatic rings. The smallest absolute Gasteiger partial charge is 0.318 e. The van der Waals surface area contributed by atoms with Gasteiger partial charge in [-0.15, -0.1) is 10.2 Å². The molecule has 0 radical (unpaired) electrons. The largest absolute Gasteiger partial charge is 0.351 e. The number of nitrogens with two attached hydrogens (primary N) is 1. The number of aryl methyl sites for hydroxylation is 2. The highest BCUT2D eigenvalue weighted by Crippen LogP contribution is 2.33. The van der Waals surface area contributed by atoms with E-state index in [9.17, 15) is 9.59 Å². The van der Waals surface area contributed by atoms with Gasteiger partial charge in [0.05, 0.1) is 10.9 Å². The van der Waals surface area contributed by atoms with Crippen molar-refractivity contribution < 1.29 is 9.59 Å². The fourth-order valence-corrected chi connectivity index (χ4v) is 4.07. The maximum Gasteiger partial charge on any atom is 0.318 e. The highest BCUT2D eigenvalue weighted by Gasteiger charge is 2.28. The number of carbonyl (C=O) groups excluding carboxylic acids is 2. The lowest BCUT2D eigenvalue weighted by Gasteiger charge is -2.19. The molecule has 1 heterocycles. The van der Waals surface area contributed by atoms with Gasteiger partial charge in [-0.25, -0.2) is 4.79 Å². The van der Waals surface area contributed by atoms with E-state index < -0.39 is 17.2 Å². The minimum atomic E-state index is -0.869. The van der Waals surface area contributed by atoms with Crippen LogP contribution in [0.2, 0.25) is 0 Å². The number of thioether (sulfide) groups is 1. The lowest BCUT2D eigenvalue weighted by molar-refractivity contribution is -0.120. The van der Waals surface area contributed by atoms with Crippen LogP contribution in [0.3, 0.4) is 0 Å². The zero-order chi connectivity index (χ0) is 21.8. The third-order valence-electron chi connectivity index (χ3n) is 4.76. The second kappa shape index (κ2) is 9.13. The zero-order valence-corrected chi connectivity index (χ0v) is 18.2. The van der Waals surface area contributed by atoms with Crippen LogP contribution in [0, 0.1) is 19.8 Å². The number of urea groups is 1. The first-order chi connectivity index (χ1) is 14.3. The molecule has 0 fully saturated rings. The predicted octanol–water partition coefficient (Wildman–Crippen LogP) is 3.86. The van der Waals surface area contributed by atoms with Gasteiger partial charge in [0.15, 0.2) is 11.0 Å². The number of aromatic nitrogens is 3. The number of nitrogens with one attached hydrogen (secondary N) is 1. The average Bonchev–Trinajstić information content (AvgIpc) is 3.11. The fourth-order valence-electron chi connectivity index (χ4n) is 3.02. The van der Waals surface area contributed by atoms with Crippen LogP contribution in [0.4, 0.5) is 4.79 Å². The van der Waals surface area contributed by atoms with Crippen LogP contribution < -0.4 is 11.1 Å². The van der Waals surface area contributed by atoms with Crippen molar-refractivity contribution in [3.8, 4) is 17.1 Å². The Balaban J connectivity index is 2.10. The first kappa shape index (κ1) is 21.6. The summed E-state index contributed by atoms with van der Waals surface area (Å²) in [5.41, 5.74) is 9.29. The van der Waals surface area contributed by atoms with E-state index >= 15 is 0 Å². The minimum absolute atomic E-state index is 0.0561. The minimum Gasteiger partial charge on any atom is -0.351 e. The van der Waals surface area contributed by atoms with Gasteiger partial charge < -0.3 is 5.73 Å². The van der Waals surface area contributed by atoms with E-state index in [0.717, 1.165) is 16.8 Å². The maximum absolute atomic E-state index is 12.5. The van der Waals surface area contributed by atoms with Crippen LogP contribution in [0.5, 0.6) is 0 Å². The van der Waals surface area contributed by atoms with Gasteiger partial charge in [-0.2, -0.15) is 0 Å². The summed E-state index contributed by atoms with van der Waals surface area (Å²) in [6, 6.07) is 15.0. The average molecular weight is 424 g/mol. The topological polar surface area (TPSA) is 103 Å². The van der Waals surface area contributed by atoms with Crippen LogP contribution >= 0.6 is 11.8 Å². The third-order valence-corrected chi connectivity index (χ3v) is 6.24. The van der Waals surface area contributed by atoms with E-state index in [4.69, 9.17) is 5.73 Å². The maximum atomic E-state index is 12.5. The predicted molar refractivity (Wildman–Crippen MR) is 118 cm³/mol. The van der Waals surface area contributed by atoms with Gasteiger partial charge in [-0.05, 0) is 43.0 Å². The number of rotatable bonds is 6. The molecule has 3 rings (SSSR count). The van der Waals surface area contributed by atoms with Gasteiger partial charge in [0, 0.05) is 5.56 Å². The molecule has 1 unspecified atom stereocenters. The molecule has 7 nitrogen and oxygen atoms in total. The van der Waals surface area contributed by atoms with E-state index in [1.165, 1.54) is 17.3 Å². The van der Waals surface area contributed by atoms with E-state index in [0.29, 0.717) is 11.0 Å². The molecule has 0 aliphatic heterocycles. The number of nitrogens with zero attached hydrogens (tertiary/aromatic N) is 3. The molecular weight excluding hydrogens is 398 g/mol. The third kappa shape index (κ3) is 4.71. The summed E-state index contributed by atoms with van der Waals surface area (Å²) in [5.74, 6) is 0.178. The summed E-state index contributed by atoms with van der Waals surface area (Å²) in [6.45, 7) is 7.93. The summed E-state index contributed by atoms with van der Waals surface area (Å²) in [7, 11) is 0. The number of benzene rings is 2. The van der Waals surface area contributed by atoms with Gasteiger partial charge in [-0.3, -0.25) is 14.7 Å². The van der Waals surface area contributed by atoms with Crippen molar-refractivity contribution in [2.24, 2.45) is 11.7 Å². The van der Waals surface area contributed by atoms with Crippen molar-refractivity contribution in [3.05, 3.63) is 59.7 Å². The molecule has 3 aromatic rings. The van der Waals surface area contributed by atoms with E-state index in [-0.39, 0.29) is 5.92 Å². The number of hydrogen-bond donors (Lipinski definition) is 2. The van der Waals surface area contributed by atoms with Crippen molar-refractivity contribution >= 4 is 23.7 Å². The molecule has 156 valence electrons. The Kier molecular flexibility index (Phi) is 6.56. The molecule has 8 heteroatoms. The van der Waals surface area contributed by atoms with Gasteiger partial charge in [0.2, 0.25) is 5.91 Å². The van der Waals surface area contributed by atoms with Crippen molar-refractivity contribution in [2.75, 3.05) is 0 Å². The van der Waals surface area contributed by atoms with Crippen LogP contribution in [-0.2, 0) is 4.79 Å². The molecule has 3 amide bonds. The first-order valence-corrected chi connectivity index (χ1v) is 10.5. The SMILES string of the molecule is Cc1ccc(-n2c(SC(C(=O)NC(N)=O)C(C)C)nnc2-c2ccccc2)cc1C. The van der Waals surface area contributed by atoms with Crippen molar-refractivity contribution in [3.63, 3.8) is 0 Å². The molecule has 0 spiro atoms. The molecule has 0 saturated carbocycles. The van der Waals surface area contributed by atoms with Gasteiger partial charge in [0.1, 0.15) is 0 Å². The van der Waals surface area contributed by atoms with Crippen LogP contribution in [0.1, 0.15) is 25.0 Å². The lowest BCUT2D eigenvalue weighted by atomic mass is 10.1. The van der Waals surface area contributed by atoms with Crippen LogP contribution in [0.25, 0.3) is 17.1 Å². The normalized spacial score (nSPS) is 12.0. The standard InChI is InChI=1S/C22H25N5O2S/c1-13(2)18(20(28)24-21(23)29)30-22-26-25-19(16-8-6-5-7-9-16)27(22)17-11-10-14(3)15(4)12-17/h5-13,18H,1-4H3,(H3,23,24,28,29). The van der Waals surface area contributed by atoms with Gasteiger partial charge in [-0.1, -0.05) is 62.0 Å².